The van der Waals surface area contributed by atoms with E-state index in [4.69, 9.17) is 11.6 Å². The van der Waals surface area contributed by atoms with Crippen LogP contribution in [0.5, 0.6) is 0 Å². The Morgan fingerprint density at radius 2 is 2.35 bits per heavy atom. The second-order valence-corrected chi connectivity index (χ2v) is 5.03. The summed E-state index contributed by atoms with van der Waals surface area (Å²) in [4.78, 5) is 23.0. The summed E-state index contributed by atoms with van der Waals surface area (Å²) in [6.07, 6.45) is 0.124. The van der Waals surface area contributed by atoms with E-state index in [1.54, 1.807) is 0 Å². The number of amides is 2. The van der Waals surface area contributed by atoms with E-state index in [1.807, 2.05) is 0 Å². The van der Waals surface area contributed by atoms with Crippen molar-refractivity contribution in [3.05, 3.63) is 34.6 Å². The van der Waals surface area contributed by atoms with Crippen LogP contribution in [0.4, 0.5) is 4.39 Å². The summed E-state index contributed by atoms with van der Waals surface area (Å²) in [5, 5.41) is 14.5. The van der Waals surface area contributed by atoms with Crippen molar-refractivity contribution in [3.8, 4) is 0 Å². The van der Waals surface area contributed by atoms with E-state index in [9.17, 15) is 19.1 Å². The first kappa shape index (κ1) is 14.7. The van der Waals surface area contributed by atoms with Gasteiger partial charge in [-0.2, -0.15) is 0 Å². The molecule has 1 saturated heterocycles. The van der Waals surface area contributed by atoms with Gasteiger partial charge in [0.15, 0.2) is 0 Å². The van der Waals surface area contributed by atoms with Gasteiger partial charge >= 0.3 is 0 Å². The minimum Gasteiger partial charge on any atom is -0.394 e. The van der Waals surface area contributed by atoms with E-state index in [-0.39, 0.29) is 36.4 Å². The number of hydrogen-bond donors (Lipinski definition) is 3. The molecule has 0 saturated carbocycles. The van der Waals surface area contributed by atoms with Crippen molar-refractivity contribution >= 4 is 23.4 Å². The lowest BCUT2D eigenvalue weighted by Crippen LogP contribution is -2.36. The fourth-order valence-corrected chi connectivity index (χ4v) is 2.16. The Balaban J connectivity index is 2.06. The van der Waals surface area contributed by atoms with E-state index in [0.29, 0.717) is 5.56 Å². The third kappa shape index (κ3) is 3.26. The molecule has 2 rings (SSSR count). The summed E-state index contributed by atoms with van der Waals surface area (Å²) in [7, 11) is 0. The molecule has 1 aromatic carbocycles. The molecule has 0 aromatic heterocycles. The molecular formula is C13H14ClFN2O3. The van der Waals surface area contributed by atoms with E-state index >= 15 is 0 Å². The maximum absolute atomic E-state index is 13.4. The maximum Gasteiger partial charge on any atom is 0.225 e. The van der Waals surface area contributed by atoms with Gasteiger partial charge in [0.05, 0.1) is 23.6 Å². The van der Waals surface area contributed by atoms with Gasteiger partial charge in [-0.25, -0.2) is 4.39 Å². The number of carbonyl (C=O) groups excluding carboxylic acids is 2. The van der Waals surface area contributed by atoms with Crippen LogP contribution in [0.2, 0.25) is 5.02 Å². The highest BCUT2D eigenvalue weighted by molar-refractivity contribution is 6.30. The third-order valence-electron chi connectivity index (χ3n) is 3.19. The van der Waals surface area contributed by atoms with Crippen molar-refractivity contribution in [2.45, 2.75) is 12.5 Å². The Morgan fingerprint density at radius 1 is 1.60 bits per heavy atom. The highest BCUT2D eigenvalue weighted by Crippen LogP contribution is 2.21. The molecule has 0 radical (unpaired) electrons. The minimum atomic E-state index is -0.732. The van der Waals surface area contributed by atoms with Crippen LogP contribution in [0.1, 0.15) is 18.0 Å². The molecule has 0 aliphatic carbocycles. The lowest BCUT2D eigenvalue weighted by molar-refractivity contribution is -0.127. The first-order valence-electron chi connectivity index (χ1n) is 6.14. The molecular weight excluding hydrogens is 287 g/mol. The van der Waals surface area contributed by atoms with Crippen LogP contribution < -0.4 is 10.6 Å². The first-order valence-corrected chi connectivity index (χ1v) is 6.52. The lowest BCUT2D eigenvalue weighted by Gasteiger charge is -2.19. The molecule has 0 bridgehead atoms. The largest absolute Gasteiger partial charge is 0.394 e. The van der Waals surface area contributed by atoms with E-state index in [2.05, 4.69) is 10.6 Å². The van der Waals surface area contributed by atoms with Crippen molar-refractivity contribution in [1.82, 2.24) is 10.6 Å². The van der Waals surface area contributed by atoms with Crippen LogP contribution in [0.3, 0.4) is 0 Å². The fraction of sp³-hybridized carbons (Fsp3) is 0.385. The number of aliphatic hydroxyl groups excluding tert-OH is 1. The average molecular weight is 301 g/mol. The van der Waals surface area contributed by atoms with Crippen molar-refractivity contribution in [3.63, 3.8) is 0 Å². The van der Waals surface area contributed by atoms with Crippen molar-refractivity contribution < 1.29 is 19.1 Å². The number of carbonyl (C=O) groups is 2. The Kier molecular flexibility index (Phi) is 4.57. The Morgan fingerprint density at radius 3 is 2.90 bits per heavy atom. The minimum absolute atomic E-state index is 0.0256. The molecule has 2 atom stereocenters. The molecule has 1 fully saturated rings. The summed E-state index contributed by atoms with van der Waals surface area (Å²) in [5.74, 6) is -1.61. The molecule has 1 heterocycles. The number of hydrogen-bond acceptors (Lipinski definition) is 3. The highest BCUT2D eigenvalue weighted by atomic mass is 35.5. The SMILES string of the molecule is O=C1CC(C(=O)NC(CO)c2ccc(Cl)c(F)c2)CN1. The predicted molar refractivity (Wildman–Crippen MR) is 70.5 cm³/mol. The number of aliphatic hydroxyl groups is 1. The number of nitrogens with one attached hydrogen (secondary N) is 2. The zero-order chi connectivity index (χ0) is 14.7. The summed E-state index contributed by atoms with van der Waals surface area (Å²) < 4.78 is 13.4. The first-order chi connectivity index (χ1) is 9.51. The topological polar surface area (TPSA) is 78.4 Å². The normalized spacial score (nSPS) is 19.6. The highest BCUT2D eigenvalue weighted by Gasteiger charge is 2.29. The maximum atomic E-state index is 13.4. The van der Waals surface area contributed by atoms with Crippen molar-refractivity contribution in [2.24, 2.45) is 5.92 Å². The van der Waals surface area contributed by atoms with Crippen LogP contribution in [0.15, 0.2) is 18.2 Å². The van der Waals surface area contributed by atoms with Crippen molar-refractivity contribution in [2.75, 3.05) is 13.2 Å². The van der Waals surface area contributed by atoms with Gasteiger partial charge in [-0.15, -0.1) is 0 Å². The van der Waals surface area contributed by atoms with Crippen LogP contribution in [0.25, 0.3) is 0 Å². The number of benzene rings is 1. The summed E-state index contributed by atoms with van der Waals surface area (Å²) >= 11 is 5.58. The van der Waals surface area contributed by atoms with Gasteiger partial charge in [0.2, 0.25) is 11.8 Å². The van der Waals surface area contributed by atoms with Crippen LogP contribution in [-0.4, -0.2) is 30.1 Å². The van der Waals surface area contributed by atoms with Gasteiger partial charge in [-0.3, -0.25) is 9.59 Å². The number of halogens is 2. The Labute approximate surface area is 120 Å². The average Bonchev–Trinajstić information content (AvgIpc) is 2.86. The van der Waals surface area contributed by atoms with Gasteiger partial charge in [-0.05, 0) is 17.7 Å². The Hall–Kier alpha value is -1.66. The van der Waals surface area contributed by atoms with Gasteiger partial charge in [0.25, 0.3) is 0 Å². The Bertz CT molecular complexity index is 538. The molecule has 2 amide bonds. The standard InChI is InChI=1S/C13H14ClFN2O3/c14-9-2-1-7(3-10(9)15)11(6-18)17-13(20)8-4-12(19)16-5-8/h1-3,8,11,18H,4-6H2,(H,16,19)(H,17,20). The number of rotatable bonds is 4. The van der Waals surface area contributed by atoms with E-state index in [0.717, 1.165) is 0 Å². The molecule has 1 aliphatic heterocycles. The molecule has 7 heteroatoms. The third-order valence-corrected chi connectivity index (χ3v) is 3.50. The molecule has 0 spiro atoms. The summed E-state index contributed by atoms with van der Waals surface area (Å²) in [5.41, 5.74) is 0.417. The monoisotopic (exact) mass is 300 g/mol. The summed E-state index contributed by atoms with van der Waals surface area (Å²) in [6.45, 7) is -0.0985. The second-order valence-electron chi connectivity index (χ2n) is 4.62. The van der Waals surface area contributed by atoms with Gasteiger partial charge < -0.3 is 15.7 Å². The molecule has 1 aliphatic rings. The molecule has 5 nitrogen and oxygen atoms in total. The fourth-order valence-electron chi connectivity index (χ4n) is 2.04. The quantitative estimate of drug-likeness (QED) is 0.768. The van der Waals surface area contributed by atoms with Gasteiger partial charge in [0, 0.05) is 13.0 Å². The second kappa shape index (κ2) is 6.19. The van der Waals surface area contributed by atoms with Gasteiger partial charge in [0.1, 0.15) is 5.82 Å². The zero-order valence-corrected chi connectivity index (χ0v) is 11.3. The molecule has 20 heavy (non-hydrogen) atoms. The lowest BCUT2D eigenvalue weighted by atomic mass is 10.0. The molecule has 1 aromatic rings. The zero-order valence-electron chi connectivity index (χ0n) is 10.5. The van der Waals surface area contributed by atoms with Crippen molar-refractivity contribution in [1.29, 1.82) is 0 Å². The molecule has 2 unspecified atom stereocenters. The van der Waals surface area contributed by atoms with Crippen LogP contribution in [-0.2, 0) is 9.59 Å². The van der Waals surface area contributed by atoms with Gasteiger partial charge in [-0.1, -0.05) is 17.7 Å². The summed E-state index contributed by atoms with van der Waals surface area (Å²) in [6, 6.07) is 3.33. The van der Waals surface area contributed by atoms with Crippen LogP contribution >= 0.6 is 11.6 Å². The molecule has 108 valence electrons. The predicted octanol–water partition coefficient (Wildman–Crippen LogP) is 0.765. The smallest absolute Gasteiger partial charge is 0.225 e. The van der Waals surface area contributed by atoms with E-state index < -0.39 is 17.8 Å². The molecule has 3 N–H and O–H groups in total. The van der Waals surface area contributed by atoms with E-state index in [1.165, 1.54) is 18.2 Å². The van der Waals surface area contributed by atoms with Crippen LogP contribution in [0, 0.1) is 11.7 Å².